The van der Waals surface area contributed by atoms with Gasteiger partial charge in [0.05, 0.1) is 19.0 Å². The third kappa shape index (κ3) is 3.38. The summed E-state index contributed by atoms with van der Waals surface area (Å²) in [7, 11) is 1.23. The van der Waals surface area contributed by atoms with E-state index >= 15 is 0 Å². The first-order valence-electron chi connectivity index (χ1n) is 6.80. The Kier molecular flexibility index (Phi) is 5.02. The summed E-state index contributed by atoms with van der Waals surface area (Å²) in [6, 6.07) is 0. The predicted octanol–water partition coefficient (Wildman–Crippen LogP) is -0.229. The van der Waals surface area contributed by atoms with Gasteiger partial charge >= 0.3 is 5.97 Å². The van der Waals surface area contributed by atoms with Gasteiger partial charge in [0, 0.05) is 19.0 Å². The van der Waals surface area contributed by atoms with Gasteiger partial charge in [0.1, 0.15) is 11.6 Å². The van der Waals surface area contributed by atoms with Crippen LogP contribution < -0.4 is 16.2 Å². The molecule has 0 spiro atoms. The first-order valence-corrected chi connectivity index (χ1v) is 7.18. The molecule has 120 valence electrons. The lowest BCUT2D eigenvalue weighted by Crippen LogP contribution is -2.39. The van der Waals surface area contributed by atoms with E-state index in [2.05, 4.69) is 9.84 Å². The van der Waals surface area contributed by atoms with Gasteiger partial charge in [0.15, 0.2) is 0 Å². The molecular weight excluding hydrogens is 312 g/mol. The summed E-state index contributed by atoms with van der Waals surface area (Å²) >= 11 is 6.10. The van der Waals surface area contributed by atoms with E-state index in [9.17, 15) is 14.4 Å². The van der Waals surface area contributed by atoms with Crippen molar-refractivity contribution in [1.82, 2.24) is 9.78 Å². The average Bonchev–Trinajstić information content (AvgIpc) is 2.52. The van der Waals surface area contributed by atoms with Crippen LogP contribution in [-0.2, 0) is 20.9 Å². The van der Waals surface area contributed by atoms with Crippen molar-refractivity contribution in [3.8, 4) is 0 Å². The number of anilines is 1. The van der Waals surface area contributed by atoms with Gasteiger partial charge in [0.25, 0.3) is 5.56 Å². The Morgan fingerprint density at radius 2 is 2.09 bits per heavy atom. The molecule has 2 rings (SSSR count). The molecule has 1 aliphatic rings. The number of hydrogen-bond acceptors (Lipinski definition) is 6. The van der Waals surface area contributed by atoms with E-state index < -0.39 is 11.5 Å². The Labute approximate surface area is 131 Å². The molecule has 1 aromatic heterocycles. The van der Waals surface area contributed by atoms with E-state index in [1.165, 1.54) is 13.3 Å². The number of rotatable bonds is 4. The van der Waals surface area contributed by atoms with Crippen LogP contribution in [0.5, 0.6) is 0 Å². The number of methoxy groups -OCH3 is 1. The molecule has 1 amide bonds. The van der Waals surface area contributed by atoms with Gasteiger partial charge in [-0.25, -0.2) is 4.68 Å². The van der Waals surface area contributed by atoms with Crippen molar-refractivity contribution in [2.24, 2.45) is 11.7 Å². The molecule has 0 aliphatic carbocycles. The number of carbonyl (C=O) groups is 2. The number of nitrogens with two attached hydrogens (primary N) is 1. The fourth-order valence-electron chi connectivity index (χ4n) is 2.38. The van der Waals surface area contributed by atoms with Crippen molar-refractivity contribution < 1.29 is 14.3 Å². The number of aromatic nitrogens is 2. The summed E-state index contributed by atoms with van der Waals surface area (Å²) < 4.78 is 5.45. The molecule has 1 saturated heterocycles. The lowest BCUT2D eigenvalue weighted by molar-refractivity contribution is -0.141. The lowest BCUT2D eigenvalue weighted by Gasteiger charge is -2.32. The Hall–Kier alpha value is -2.09. The molecule has 2 heterocycles. The van der Waals surface area contributed by atoms with Gasteiger partial charge in [-0.15, -0.1) is 0 Å². The minimum atomic E-state index is -0.583. The minimum absolute atomic E-state index is 0.00331. The maximum Gasteiger partial charge on any atom is 0.327 e. The van der Waals surface area contributed by atoms with Crippen LogP contribution in [0.25, 0.3) is 0 Å². The molecule has 1 fully saturated rings. The molecule has 0 unspecified atom stereocenters. The van der Waals surface area contributed by atoms with Gasteiger partial charge in [-0.2, -0.15) is 5.10 Å². The van der Waals surface area contributed by atoms with Crippen LogP contribution in [0.15, 0.2) is 11.0 Å². The molecule has 1 aromatic rings. The average molecular weight is 329 g/mol. The molecule has 0 atom stereocenters. The first-order chi connectivity index (χ1) is 10.4. The van der Waals surface area contributed by atoms with Crippen molar-refractivity contribution >= 4 is 29.2 Å². The molecule has 0 radical (unpaired) electrons. The summed E-state index contributed by atoms with van der Waals surface area (Å²) in [6.07, 6.45) is 2.66. The quantitative estimate of drug-likeness (QED) is 0.765. The van der Waals surface area contributed by atoms with Gasteiger partial charge in [-0.3, -0.25) is 14.4 Å². The zero-order chi connectivity index (χ0) is 16.3. The Morgan fingerprint density at radius 1 is 1.45 bits per heavy atom. The Balaban J connectivity index is 2.17. The second kappa shape index (κ2) is 6.78. The molecule has 2 N–H and O–H groups in total. The standard InChI is InChI=1S/C13H17ClN4O4/c1-22-10(19)7-18-13(21)11(14)9(6-16-18)17-4-2-8(3-5-17)12(15)20/h6,8H,2-5,7H2,1H3,(H2,15,20). The zero-order valence-electron chi connectivity index (χ0n) is 12.1. The van der Waals surface area contributed by atoms with E-state index in [-0.39, 0.29) is 23.4 Å². The van der Waals surface area contributed by atoms with E-state index in [1.54, 1.807) is 0 Å². The van der Waals surface area contributed by atoms with Crippen LogP contribution in [0.1, 0.15) is 12.8 Å². The number of hydrogen-bond donors (Lipinski definition) is 1. The molecule has 0 aromatic carbocycles. The topological polar surface area (TPSA) is 108 Å². The highest BCUT2D eigenvalue weighted by molar-refractivity contribution is 6.33. The van der Waals surface area contributed by atoms with Crippen LogP contribution in [0.4, 0.5) is 5.69 Å². The fourth-order valence-corrected chi connectivity index (χ4v) is 2.65. The van der Waals surface area contributed by atoms with Crippen LogP contribution in [-0.4, -0.2) is 41.9 Å². The summed E-state index contributed by atoms with van der Waals surface area (Å²) in [6.45, 7) is 0.837. The molecule has 22 heavy (non-hydrogen) atoms. The summed E-state index contributed by atoms with van der Waals surface area (Å²) in [5.41, 5.74) is 5.23. The van der Waals surface area contributed by atoms with Gasteiger partial charge < -0.3 is 15.4 Å². The highest BCUT2D eigenvalue weighted by Crippen LogP contribution is 2.26. The third-order valence-corrected chi connectivity index (χ3v) is 4.07. The highest BCUT2D eigenvalue weighted by Gasteiger charge is 2.25. The zero-order valence-corrected chi connectivity index (χ0v) is 12.9. The largest absolute Gasteiger partial charge is 0.468 e. The van der Waals surface area contributed by atoms with Gasteiger partial charge in [-0.05, 0) is 12.8 Å². The number of amides is 1. The first kappa shape index (κ1) is 16.3. The number of ether oxygens (including phenoxy) is 1. The van der Waals surface area contributed by atoms with Crippen LogP contribution in [0, 0.1) is 5.92 Å². The summed E-state index contributed by atoms with van der Waals surface area (Å²) in [5, 5.41) is 3.94. The SMILES string of the molecule is COC(=O)Cn1ncc(N2CCC(C(N)=O)CC2)c(Cl)c1=O. The Bertz CT molecular complexity index is 637. The fraction of sp³-hybridized carbons (Fsp3) is 0.538. The number of piperidine rings is 1. The smallest absolute Gasteiger partial charge is 0.327 e. The number of primary amides is 1. The maximum atomic E-state index is 12.1. The molecule has 8 nitrogen and oxygen atoms in total. The highest BCUT2D eigenvalue weighted by atomic mass is 35.5. The second-order valence-electron chi connectivity index (χ2n) is 5.05. The van der Waals surface area contributed by atoms with Crippen molar-refractivity contribution in [2.45, 2.75) is 19.4 Å². The maximum absolute atomic E-state index is 12.1. The summed E-state index contributed by atoms with van der Waals surface area (Å²) in [4.78, 5) is 36.4. The number of nitrogens with zero attached hydrogens (tertiary/aromatic N) is 3. The van der Waals surface area contributed by atoms with E-state index in [0.29, 0.717) is 31.6 Å². The number of esters is 1. The normalized spacial score (nSPS) is 15.6. The summed E-state index contributed by atoms with van der Waals surface area (Å²) in [5.74, 6) is -1.04. The van der Waals surface area contributed by atoms with Crippen molar-refractivity contribution in [3.05, 3.63) is 21.6 Å². The number of halogens is 1. The Morgan fingerprint density at radius 3 is 2.64 bits per heavy atom. The van der Waals surface area contributed by atoms with Crippen molar-refractivity contribution in [2.75, 3.05) is 25.1 Å². The van der Waals surface area contributed by atoms with E-state index in [1.807, 2.05) is 4.90 Å². The number of carbonyl (C=O) groups excluding carboxylic acids is 2. The van der Waals surface area contributed by atoms with Crippen LogP contribution >= 0.6 is 11.6 Å². The van der Waals surface area contributed by atoms with Crippen molar-refractivity contribution in [1.29, 1.82) is 0 Å². The van der Waals surface area contributed by atoms with E-state index in [4.69, 9.17) is 17.3 Å². The third-order valence-electron chi connectivity index (χ3n) is 3.71. The molecule has 9 heteroatoms. The van der Waals surface area contributed by atoms with Crippen LogP contribution in [0.2, 0.25) is 5.02 Å². The van der Waals surface area contributed by atoms with E-state index in [0.717, 1.165) is 4.68 Å². The van der Waals surface area contributed by atoms with Gasteiger partial charge in [0.2, 0.25) is 5.91 Å². The molecular formula is C13H17ClN4O4. The second-order valence-corrected chi connectivity index (χ2v) is 5.42. The molecule has 0 bridgehead atoms. The van der Waals surface area contributed by atoms with Gasteiger partial charge in [-0.1, -0.05) is 11.6 Å². The minimum Gasteiger partial charge on any atom is -0.468 e. The van der Waals surface area contributed by atoms with Crippen LogP contribution in [0.3, 0.4) is 0 Å². The predicted molar refractivity (Wildman–Crippen MR) is 79.7 cm³/mol. The molecule has 0 saturated carbocycles. The lowest BCUT2D eigenvalue weighted by atomic mass is 9.96. The van der Waals surface area contributed by atoms with Crippen molar-refractivity contribution in [3.63, 3.8) is 0 Å². The monoisotopic (exact) mass is 328 g/mol. The molecule has 1 aliphatic heterocycles.